The summed E-state index contributed by atoms with van der Waals surface area (Å²) in [5.41, 5.74) is -0.159. The quantitative estimate of drug-likeness (QED) is 0.836. The number of hydrogen-bond acceptors (Lipinski definition) is 3. The summed E-state index contributed by atoms with van der Waals surface area (Å²) in [6, 6.07) is 6.25. The molecule has 0 atom stereocenters. The molecular formula is C15H22FNO3. The second kappa shape index (κ2) is 7.24. The highest BCUT2D eigenvalue weighted by Crippen LogP contribution is 2.17. The Kier molecular flexibility index (Phi) is 5.95. The number of halogens is 1. The first kappa shape index (κ1) is 16.4. The van der Waals surface area contributed by atoms with Gasteiger partial charge in [-0.05, 0) is 32.9 Å². The molecule has 1 N–H and O–H groups in total. The second-order valence-corrected chi connectivity index (χ2v) is 5.58. The Balaban J connectivity index is 2.50. The molecule has 0 fully saturated rings. The maximum absolute atomic E-state index is 13.4. The normalized spacial score (nSPS) is 11.7. The lowest BCUT2D eigenvalue weighted by Gasteiger charge is -2.35. The third-order valence-electron chi connectivity index (χ3n) is 3.00. The van der Waals surface area contributed by atoms with Crippen LogP contribution in [0.5, 0.6) is 5.75 Å². The van der Waals surface area contributed by atoms with Crippen LogP contribution in [0.25, 0.3) is 0 Å². The van der Waals surface area contributed by atoms with E-state index in [1.165, 1.54) is 6.07 Å². The van der Waals surface area contributed by atoms with Gasteiger partial charge in [0.2, 0.25) is 0 Å². The van der Waals surface area contributed by atoms with Gasteiger partial charge in [-0.2, -0.15) is 0 Å². The molecule has 112 valence electrons. The van der Waals surface area contributed by atoms with Crippen molar-refractivity contribution in [1.82, 2.24) is 4.90 Å². The molecule has 1 rings (SSSR count). The zero-order valence-corrected chi connectivity index (χ0v) is 12.2. The van der Waals surface area contributed by atoms with Gasteiger partial charge in [-0.25, -0.2) is 4.39 Å². The maximum Gasteiger partial charge on any atom is 0.304 e. The molecule has 5 heteroatoms. The zero-order valence-electron chi connectivity index (χ0n) is 12.2. The topological polar surface area (TPSA) is 49.8 Å². The van der Waals surface area contributed by atoms with Gasteiger partial charge in [0, 0.05) is 18.6 Å². The van der Waals surface area contributed by atoms with E-state index in [-0.39, 0.29) is 23.5 Å². The summed E-state index contributed by atoms with van der Waals surface area (Å²) >= 11 is 0. The lowest BCUT2D eigenvalue weighted by molar-refractivity contribution is -0.137. The minimum absolute atomic E-state index is 0.0803. The number of carbonyl (C=O) groups is 1. The molecule has 0 spiro atoms. The monoisotopic (exact) mass is 283 g/mol. The highest BCUT2D eigenvalue weighted by atomic mass is 19.1. The van der Waals surface area contributed by atoms with Crippen LogP contribution in [0.4, 0.5) is 4.39 Å². The van der Waals surface area contributed by atoms with Gasteiger partial charge in [-0.15, -0.1) is 0 Å². The average Bonchev–Trinajstić information content (AvgIpc) is 2.33. The van der Waals surface area contributed by atoms with E-state index in [9.17, 15) is 9.18 Å². The molecule has 0 aliphatic heterocycles. The first-order valence-corrected chi connectivity index (χ1v) is 6.65. The predicted octanol–water partition coefficient (Wildman–Crippen LogP) is 2.78. The van der Waals surface area contributed by atoms with E-state index in [0.717, 1.165) is 0 Å². The molecule has 0 saturated carbocycles. The molecule has 0 unspecified atom stereocenters. The Bertz CT molecular complexity index is 443. The number of carboxylic acids is 1. The first-order valence-electron chi connectivity index (χ1n) is 6.65. The van der Waals surface area contributed by atoms with Crippen LogP contribution in [0.1, 0.15) is 27.2 Å². The molecular weight excluding hydrogens is 261 g/mol. The van der Waals surface area contributed by atoms with Gasteiger partial charge >= 0.3 is 5.97 Å². The van der Waals surface area contributed by atoms with Crippen molar-refractivity contribution in [2.24, 2.45) is 0 Å². The molecule has 0 radical (unpaired) electrons. The summed E-state index contributed by atoms with van der Waals surface area (Å²) in [5.74, 6) is -0.991. The van der Waals surface area contributed by atoms with Crippen LogP contribution < -0.4 is 4.74 Å². The highest BCUT2D eigenvalue weighted by molar-refractivity contribution is 5.66. The number of aliphatic carboxylic acids is 1. The summed E-state index contributed by atoms with van der Waals surface area (Å²) < 4.78 is 18.8. The van der Waals surface area contributed by atoms with Crippen molar-refractivity contribution in [2.45, 2.75) is 32.7 Å². The Morgan fingerprint density at radius 2 is 1.95 bits per heavy atom. The Morgan fingerprint density at radius 1 is 1.30 bits per heavy atom. The van der Waals surface area contributed by atoms with Gasteiger partial charge < -0.3 is 9.84 Å². The van der Waals surface area contributed by atoms with E-state index in [4.69, 9.17) is 9.84 Å². The predicted molar refractivity (Wildman–Crippen MR) is 75.5 cm³/mol. The fourth-order valence-corrected chi connectivity index (χ4v) is 1.84. The summed E-state index contributed by atoms with van der Waals surface area (Å²) in [4.78, 5) is 12.7. The van der Waals surface area contributed by atoms with E-state index >= 15 is 0 Å². The van der Waals surface area contributed by atoms with Gasteiger partial charge in [-0.1, -0.05) is 12.1 Å². The van der Waals surface area contributed by atoms with Gasteiger partial charge in [0.25, 0.3) is 0 Å². The van der Waals surface area contributed by atoms with Crippen molar-refractivity contribution in [3.05, 3.63) is 30.1 Å². The van der Waals surface area contributed by atoms with Crippen molar-refractivity contribution in [3.63, 3.8) is 0 Å². The van der Waals surface area contributed by atoms with E-state index in [0.29, 0.717) is 19.7 Å². The fraction of sp³-hybridized carbons (Fsp3) is 0.533. The highest BCUT2D eigenvalue weighted by Gasteiger charge is 2.21. The number of para-hydroxylation sites is 1. The van der Waals surface area contributed by atoms with Crippen LogP contribution in [-0.2, 0) is 4.79 Å². The van der Waals surface area contributed by atoms with Gasteiger partial charge in [0.15, 0.2) is 11.6 Å². The number of nitrogens with zero attached hydrogens (tertiary/aromatic N) is 1. The Labute approximate surface area is 119 Å². The lowest BCUT2D eigenvalue weighted by atomic mass is 10.1. The third-order valence-corrected chi connectivity index (χ3v) is 3.00. The number of ether oxygens (including phenoxy) is 1. The molecule has 0 amide bonds. The zero-order chi connectivity index (χ0) is 15.2. The van der Waals surface area contributed by atoms with Crippen LogP contribution in [0.2, 0.25) is 0 Å². The summed E-state index contributed by atoms with van der Waals surface area (Å²) in [6.45, 7) is 7.34. The molecule has 20 heavy (non-hydrogen) atoms. The minimum atomic E-state index is -0.825. The van der Waals surface area contributed by atoms with Crippen molar-refractivity contribution in [3.8, 4) is 5.75 Å². The summed E-state index contributed by atoms with van der Waals surface area (Å²) in [5, 5.41) is 8.76. The van der Waals surface area contributed by atoms with Crippen molar-refractivity contribution >= 4 is 5.97 Å². The van der Waals surface area contributed by atoms with Crippen molar-refractivity contribution in [2.75, 3.05) is 19.7 Å². The van der Waals surface area contributed by atoms with E-state index < -0.39 is 5.97 Å². The SMILES string of the molecule is CC(C)(C)N(CCOc1ccccc1F)CCC(=O)O. The largest absolute Gasteiger partial charge is 0.489 e. The van der Waals surface area contributed by atoms with Crippen LogP contribution in [0.15, 0.2) is 24.3 Å². The van der Waals surface area contributed by atoms with Crippen LogP contribution in [0.3, 0.4) is 0 Å². The fourth-order valence-electron chi connectivity index (χ4n) is 1.84. The van der Waals surface area contributed by atoms with Crippen LogP contribution >= 0.6 is 0 Å². The molecule has 1 aromatic rings. The van der Waals surface area contributed by atoms with Crippen molar-refractivity contribution < 1.29 is 19.0 Å². The molecule has 0 aliphatic carbocycles. The first-order chi connectivity index (χ1) is 9.30. The van der Waals surface area contributed by atoms with E-state index in [2.05, 4.69) is 0 Å². The van der Waals surface area contributed by atoms with E-state index in [1.807, 2.05) is 25.7 Å². The van der Waals surface area contributed by atoms with Crippen LogP contribution in [-0.4, -0.2) is 41.2 Å². The number of benzene rings is 1. The van der Waals surface area contributed by atoms with E-state index in [1.54, 1.807) is 18.2 Å². The molecule has 0 aromatic heterocycles. The number of carboxylic acid groups (broad SMARTS) is 1. The average molecular weight is 283 g/mol. The molecule has 0 saturated heterocycles. The molecule has 0 heterocycles. The van der Waals surface area contributed by atoms with Crippen LogP contribution in [0, 0.1) is 5.82 Å². The lowest BCUT2D eigenvalue weighted by Crippen LogP contribution is -2.44. The molecule has 0 bridgehead atoms. The Hall–Kier alpha value is -1.62. The van der Waals surface area contributed by atoms with Gasteiger partial charge in [-0.3, -0.25) is 9.69 Å². The number of rotatable bonds is 7. The maximum atomic E-state index is 13.4. The third kappa shape index (κ3) is 5.57. The summed E-state index contributed by atoms with van der Waals surface area (Å²) in [6.07, 6.45) is 0.0803. The van der Waals surface area contributed by atoms with Crippen molar-refractivity contribution in [1.29, 1.82) is 0 Å². The van der Waals surface area contributed by atoms with Gasteiger partial charge in [0.1, 0.15) is 6.61 Å². The molecule has 4 nitrogen and oxygen atoms in total. The molecule has 0 aliphatic rings. The smallest absolute Gasteiger partial charge is 0.304 e. The second-order valence-electron chi connectivity index (χ2n) is 5.58. The summed E-state index contributed by atoms with van der Waals surface area (Å²) in [7, 11) is 0. The Morgan fingerprint density at radius 3 is 2.50 bits per heavy atom. The number of hydrogen-bond donors (Lipinski definition) is 1. The minimum Gasteiger partial charge on any atom is -0.489 e. The molecule has 1 aromatic carbocycles. The standard InChI is InChI=1S/C15H22FNO3/c1-15(2,3)17(9-8-14(18)19)10-11-20-13-7-5-4-6-12(13)16/h4-7H,8-11H2,1-3H3,(H,18,19). The van der Waals surface area contributed by atoms with Gasteiger partial charge in [0.05, 0.1) is 6.42 Å².